The summed E-state index contributed by atoms with van der Waals surface area (Å²) in [7, 11) is 1.36. The number of methoxy groups -OCH3 is 1. The van der Waals surface area contributed by atoms with Gasteiger partial charge in [-0.15, -0.1) is 0 Å². The lowest BCUT2D eigenvalue weighted by molar-refractivity contribution is -0.147. The van der Waals surface area contributed by atoms with E-state index in [2.05, 4.69) is 5.32 Å². The highest BCUT2D eigenvalue weighted by molar-refractivity contribution is 6.30. The Morgan fingerprint density at radius 3 is 2.65 bits per heavy atom. The van der Waals surface area contributed by atoms with Crippen LogP contribution in [0.15, 0.2) is 42.5 Å². The van der Waals surface area contributed by atoms with Crippen molar-refractivity contribution in [1.29, 1.82) is 0 Å². The molecule has 0 aliphatic heterocycles. The molecule has 0 saturated heterocycles. The number of carbonyl (C=O) groups excluding carboxylic acids is 2. The predicted octanol–water partition coefficient (Wildman–Crippen LogP) is 2.93. The van der Waals surface area contributed by atoms with Gasteiger partial charge in [0.05, 0.1) is 13.5 Å². The molecule has 0 aliphatic carbocycles. The van der Waals surface area contributed by atoms with Gasteiger partial charge in [-0.25, -0.2) is 4.39 Å². The summed E-state index contributed by atoms with van der Waals surface area (Å²) in [6.45, 7) is 0.0213. The molecule has 0 aliphatic rings. The Hall–Kier alpha value is -2.60. The number of esters is 1. The topological polar surface area (TPSA) is 64.6 Å². The average Bonchev–Trinajstić information content (AvgIpc) is 2.60. The van der Waals surface area contributed by atoms with Crippen molar-refractivity contribution in [3.8, 4) is 5.75 Å². The number of rotatable bonds is 8. The van der Waals surface area contributed by atoms with E-state index in [1.807, 2.05) is 18.2 Å². The Labute approximate surface area is 156 Å². The monoisotopic (exact) mass is 379 g/mol. The molecule has 0 saturated carbocycles. The van der Waals surface area contributed by atoms with Gasteiger partial charge >= 0.3 is 5.97 Å². The molecule has 0 unspecified atom stereocenters. The van der Waals surface area contributed by atoms with Crippen molar-refractivity contribution in [2.75, 3.05) is 20.3 Å². The highest BCUT2D eigenvalue weighted by atomic mass is 35.5. The third kappa shape index (κ3) is 6.37. The Morgan fingerprint density at radius 1 is 1.15 bits per heavy atom. The van der Waals surface area contributed by atoms with E-state index in [-0.39, 0.29) is 18.8 Å². The van der Waals surface area contributed by atoms with Gasteiger partial charge in [-0.1, -0.05) is 29.8 Å². The normalized spacial score (nSPS) is 10.3. The van der Waals surface area contributed by atoms with Crippen molar-refractivity contribution in [2.45, 2.75) is 12.8 Å². The number of hydrogen-bond acceptors (Lipinski definition) is 4. The molecule has 5 nitrogen and oxygen atoms in total. The molecular weight excluding hydrogens is 361 g/mol. The molecule has 7 heteroatoms. The van der Waals surface area contributed by atoms with Gasteiger partial charge in [-0.05, 0) is 41.8 Å². The van der Waals surface area contributed by atoms with Crippen LogP contribution in [0.3, 0.4) is 0 Å². The predicted molar refractivity (Wildman–Crippen MR) is 95.8 cm³/mol. The van der Waals surface area contributed by atoms with E-state index in [4.69, 9.17) is 21.1 Å². The highest BCUT2D eigenvalue weighted by Crippen LogP contribution is 2.18. The number of nitrogens with one attached hydrogen (secondary N) is 1. The smallest absolute Gasteiger partial charge is 0.310 e. The first-order valence-corrected chi connectivity index (χ1v) is 8.35. The maximum absolute atomic E-state index is 13.6. The molecule has 2 aromatic carbocycles. The fourth-order valence-electron chi connectivity index (χ4n) is 2.27. The number of amides is 1. The molecule has 0 bridgehead atoms. The zero-order chi connectivity index (χ0) is 18.9. The van der Waals surface area contributed by atoms with Crippen molar-refractivity contribution >= 4 is 23.5 Å². The Morgan fingerprint density at radius 2 is 1.96 bits per heavy atom. The molecule has 1 amide bonds. The van der Waals surface area contributed by atoms with E-state index in [0.29, 0.717) is 23.6 Å². The summed E-state index contributed by atoms with van der Waals surface area (Å²) in [5, 5.41) is 3.30. The van der Waals surface area contributed by atoms with Crippen LogP contribution in [-0.4, -0.2) is 32.1 Å². The SMILES string of the molecule is COc1ccc(CC(=O)OCC(=O)NCCc2cccc(Cl)c2)cc1F. The average molecular weight is 380 g/mol. The lowest BCUT2D eigenvalue weighted by Gasteiger charge is -2.08. The van der Waals surface area contributed by atoms with Gasteiger partial charge in [0.1, 0.15) is 0 Å². The van der Waals surface area contributed by atoms with E-state index in [9.17, 15) is 14.0 Å². The van der Waals surface area contributed by atoms with Crippen LogP contribution in [0.1, 0.15) is 11.1 Å². The minimum Gasteiger partial charge on any atom is -0.494 e. The number of carbonyl (C=O) groups is 2. The first-order valence-electron chi connectivity index (χ1n) is 7.97. The Bertz CT molecular complexity index is 782. The van der Waals surface area contributed by atoms with Crippen molar-refractivity contribution in [3.05, 3.63) is 64.4 Å². The standard InChI is InChI=1S/C19H19ClFNO4/c1-25-17-6-5-14(10-16(17)21)11-19(24)26-12-18(23)22-8-7-13-3-2-4-15(20)9-13/h2-6,9-10H,7-8,11-12H2,1H3,(H,22,23). The van der Waals surface area contributed by atoms with Crippen LogP contribution in [0.4, 0.5) is 4.39 Å². The molecule has 2 aromatic rings. The minimum atomic E-state index is -0.612. The maximum Gasteiger partial charge on any atom is 0.310 e. The summed E-state index contributed by atoms with van der Waals surface area (Å²) in [6, 6.07) is 11.5. The molecule has 2 rings (SSSR count). The van der Waals surface area contributed by atoms with E-state index in [0.717, 1.165) is 5.56 Å². The first kappa shape index (κ1) is 19.7. The molecular formula is C19H19ClFNO4. The number of ether oxygens (including phenoxy) is 2. The van der Waals surface area contributed by atoms with Crippen molar-refractivity contribution < 1.29 is 23.5 Å². The number of hydrogen-bond donors (Lipinski definition) is 1. The second-order valence-corrected chi connectivity index (χ2v) is 5.97. The molecule has 0 spiro atoms. The van der Waals surface area contributed by atoms with E-state index >= 15 is 0 Å². The fraction of sp³-hybridized carbons (Fsp3) is 0.263. The van der Waals surface area contributed by atoms with Crippen LogP contribution in [-0.2, 0) is 27.2 Å². The summed E-state index contributed by atoms with van der Waals surface area (Å²) in [5.74, 6) is -1.47. The van der Waals surface area contributed by atoms with Crippen LogP contribution < -0.4 is 10.1 Å². The summed E-state index contributed by atoms with van der Waals surface area (Å²) >= 11 is 5.89. The Balaban J connectivity index is 1.69. The minimum absolute atomic E-state index is 0.0983. The second-order valence-electron chi connectivity index (χ2n) is 5.54. The summed E-state index contributed by atoms with van der Waals surface area (Å²) in [5.41, 5.74) is 1.44. The first-order chi connectivity index (χ1) is 12.5. The quantitative estimate of drug-likeness (QED) is 0.716. The van der Waals surface area contributed by atoms with E-state index in [1.54, 1.807) is 12.1 Å². The molecule has 1 N–H and O–H groups in total. The van der Waals surface area contributed by atoms with Gasteiger partial charge in [-0.2, -0.15) is 0 Å². The molecule has 0 atom stereocenters. The number of halogens is 2. The zero-order valence-electron chi connectivity index (χ0n) is 14.3. The molecule has 0 radical (unpaired) electrons. The van der Waals surface area contributed by atoms with Crippen molar-refractivity contribution in [1.82, 2.24) is 5.32 Å². The lowest BCUT2D eigenvalue weighted by atomic mass is 10.1. The van der Waals surface area contributed by atoms with E-state index in [1.165, 1.54) is 19.2 Å². The Kier molecular flexibility index (Phi) is 7.41. The summed E-state index contributed by atoms with van der Waals surface area (Å²) in [4.78, 5) is 23.4. The lowest BCUT2D eigenvalue weighted by Crippen LogP contribution is -2.30. The van der Waals surface area contributed by atoms with Gasteiger partial charge in [0.2, 0.25) is 0 Å². The van der Waals surface area contributed by atoms with Gasteiger partial charge in [0, 0.05) is 11.6 Å². The molecule has 26 heavy (non-hydrogen) atoms. The molecule has 0 fully saturated rings. The van der Waals surface area contributed by atoms with Crippen molar-refractivity contribution in [3.63, 3.8) is 0 Å². The van der Waals surface area contributed by atoms with Crippen LogP contribution in [0.5, 0.6) is 5.75 Å². The molecule has 0 aromatic heterocycles. The largest absolute Gasteiger partial charge is 0.494 e. The third-order valence-electron chi connectivity index (χ3n) is 3.55. The second kappa shape index (κ2) is 9.77. The summed E-state index contributed by atoms with van der Waals surface area (Å²) in [6.07, 6.45) is 0.488. The molecule has 0 heterocycles. The third-order valence-corrected chi connectivity index (χ3v) is 3.79. The van der Waals surface area contributed by atoms with Crippen LogP contribution in [0, 0.1) is 5.82 Å². The van der Waals surface area contributed by atoms with Crippen LogP contribution in [0.2, 0.25) is 5.02 Å². The molecule has 138 valence electrons. The van der Waals surface area contributed by atoms with Crippen molar-refractivity contribution in [2.24, 2.45) is 0 Å². The van der Waals surface area contributed by atoms with Gasteiger partial charge in [0.15, 0.2) is 18.2 Å². The van der Waals surface area contributed by atoms with E-state index < -0.39 is 17.7 Å². The van der Waals surface area contributed by atoms with Crippen LogP contribution in [0.25, 0.3) is 0 Å². The van der Waals surface area contributed by atoms with Crippen LogP contribution >= 0.6 is 11.6 Å². The van der Waals surface area contributed by atoms with Gasteiger partial charge in [0.25, 0.3) is 5.91 Å². The van der Waals surface area contributed by atoms with Gasteiger partial charge < -0.3 is 14.8 Å². The van der Waals surface area contributed by atoms with Gasteiger partial charge in [-0.3, -0.25) is 9.59 Å². The zero-order valence-corrected chi connectivity index (χ0v) is 15.0. The number of benzene rings is 2. The highest BCUT2D eigenvalue weighted by Gasteiger charge is 2.10. The fourth-order valence-corrected chi connectivity index (χ4v) is 2.49. The maximum atomic E-state index is 13.6. The summed E-state index contributed by atoms with van der Waals surface area (Å²) < 4.78 is 23.3.